The standard InChI is InChI=1S/C24H33N3O3S/c1-20-7-13-23(14-8-20)31(29,30)26(2)19-21-9-11-22(12-10-21)24(28)25-15-6-18-27-16-4-3-5-17-27/h7-14H,3-6,15-19H2,1-2H3,(H,25,28). The molecule has 1 aliphatic heterocycles. The Bertz CT molecular complexity index is 951. The second-order valence-electron chi connectivity index (χ2n) is 8.28. The molecule has 0 aromatic heterocycles. The van der Waals surface area contributed by atoms with E-state index in [2.05, 4.69) is 10.2 Å². The quantitative estimate of drug-likeness (QED) is 0.603. The normalized spacial score (nSPS) is 15.2. The molecule has 168 valence electrons. The fourth-order valence-corrected chi connectivity index (χ4v) is 4.94. The van der Waals surface area contributed by atoms with Gasteiger partial charge in [0.15, 0.2) is 0 Å². The third-order valence-corrected chi connectivity index (χ3v) is 7.55. The number of hydrogen-bond acceptors (Lipinski definition) is 4. The molecule has 7 heteroatoms. The highest BCUT2D eigenvalue weighted by molar-refractivity contribution is 7.89. The maximum absolute atomic E-state index is 12.7. The van der Waals surface area contributed by atoms with Crippen molar-refractivity contribution in [3.05, 3.63) is 65.2 Å². The predicted octanol–water partition coefficient (Wildman–Crippen LogP) is 3.42. The van der Waals surface area contributed by atoms with E-state index in [4.69, 9.17) is 0 Å². The highest BCUT2D eigenvalue weighted by atomic mass is 32.2. The molecule has 0 spiro atoms. The van der Waals surface area contributed by atoms with E-state index < -0.39 is 10.0 Å². The Balaban J connectivity index is 1.48. The van der Waals surface area contributed by atoms with Crippen LogP contribution in [-0.4, -0.2) is 56.8 Å². The monoisotopic (exact) mass is 443 g/mol. The second-order valence-corrected chi connectivity index (χ2v) is 10.3. The number of sulfonamides is 1. The van der Waals surface area contributed by atoms with Crippen LogP contribution in [0, 0.1) is 6.92 Å². The van der Waals surface area contributed by atoms with Gasteiger partial charge < -0.3 is 10.2 Å². The van der Waals surface area contributed by atoms with Crippen molar-refractivity contribution in [3.8, 4) is 0 Å². The number of likely N-dealkylation sites (tertiary alicyclic amines) is 1. The zero-order valence-corrected chi connectivity index (χ0v) is 19.3. The van der Waals surface area contributed by atoms with E-state index in [9.17, 15) is 13.2 Å². The van der Waals surface area contributed by atoms with Crippen molar-refractivity contribution in [2.45, 2.75) is 44.0 Å². The first-order valence-corrected chi connectivity index (χ1v) is 12.4. The summed E-state index contributed by atoms with van der Waals surface area (Å²) in [5, 5.41) is 2.98. The first-order chi connectivity index (χ1) is 14.9. The van der Waals surface area contributed by atoms with Gasteiger partial charge in [0, 0.05) is 25.7 Å². The highest BCUT2D eigenvalue weighted by Crippen LogP contribution is 2.18. The molecule has 1 aliphatic rings. The first kappa shape index (κ1) is 23.4. The van der Waals surface area contributed by atoms with Crippen molar-refractivity contribution in [1.82, 2.24) is 14.5 Å². The van der Waals surface area contributed by atoms with Gasteiger partial charge in [-0.2, -0.15) is 4.31 Å². The summed E-state index contributed by atoms with van der Waals surface area (Å²) in [7, 11) is -1.99. The molecule has 1 N–H and O–H groups in total. The average Bonchev–Trinajstić information content (AvgIpc) is 2.78. The lowest BCUT2D eigenvalue weighted by Gasteiger charge is -2.26. The van der Waals surface area contributed by atoms with E-state index in [1.54, 1.807) is 43.4 Å². The molecule has 0 radical (unpaired) electrons. The molecule has 0 saturated carbocycles. The molecule has 0 aliphatic carbocycles. The first-order valence-electron chi connectivity index (χ1n) is 11.0. The molecule has 1 amide bonds. The maximum Gasteiger partial charge on any atom is 0.251 e. The highest BCUT2D eigenvalue weighted by Gasteiger charge is 2.20. The van der Waals surface area contributed by atoms with Crippen molar-refractivity contribution in [1.29, 1.82) is 0 Å². The largest absolute Gasteiger partial charge is 0.352 e. The van der Waals surface area contributed by atoms with E-state index in [0.717, 1.165) is 24.1 Å². The summed E-state index contributed by atoms with van der Waals surface area (Å²) in [5.74, 6) is -0.0918. The van der Waals surface area contributed by atoms with Crippen LogP contribution in [0.1, 0.15) is 47.2 Å². The third-order valence-electron chi connectivity index (χ3n) is 5.74. The topological polar surface area (TPSA) is 69.7 Å². The van der Waals surface area contributed by atoms with E-state index in [1.807, 2.05) is 19.1 Å². The molecule has 3 rings (SSSR count). The van der Waals surface area contributed by atoms with Gasteiger partial charge in [0.1, 0.15) is 0 Å². The zero-order chi connectivity index (χ0) is 22.3. The molecule has 2 aromatic rings. The van der Waals surface area contributed by atoms with E-state index >= 15 is 0 Å². The van der Waals surface area contributed by atoms with Crippen LogP contribution in [0.5, 0.6) is 0 Å². The van der Waals surface area contributed by atoms with Crippen LogP contribution in [0.25, 0.3) is 0 Å². The van der Waals surface area contributed by atoms with Crippen LogP contribution in [0.4, 0.5) is 0 Å². The molecule has 1 saturated heterocycles. The van der Waals surface area contributed by atoms with Gasteiger partial charge in [-0.25, -0.2) is 8.42 Å². The van der Waals surface area contributed by atoms with Gasteiger partial charge >= 0.3 is 0 Å². The molecule has 0 atom stereocenters. The molecule has 1 fully saturated rings. The van der Waals surface area contributed by atoms with Crippen molar-refractivity contribution in [2.24, 2.45) is 0 Å². The van der Waals surface area contributed by atoms with Crippen LogP contribution in [0.3, 0.4) is 0 Å². The minimum absolute atomic E-state index is 0.0918. The van der Waals surface area contributed by atoms with Crippen LogP contribution < -0.4 is 5.32 Å². The summed E-state index contributed by atoms with van der Waals surface area (Å²) in [4.78, 5) is 15.1. The Morgan fingerprint density at radius 3 is 2.29 bits per heavy atom. The Kier molecular flexibility index (Phi) is 8.23. The SMILES string of the molecule is Cc1ccc(S(=O)(=O)N(C)Cc2ccc(C(=O)NCCCN3CCCCC3)cc2)cc1. The zero-order valence-electron chi connectivity index (χ0n) is 18.5. The fraction of sp³-hybridized carbons (Fsp3) is 0.458. The number of piperidine rings is 1. The summed E-state index contributed by atoms with van der Waals surface area (Å²) in [5.41, 5.74) is 2.44. The molecule has 1 heterocycles. The van der Waals surface area contributed by atoms with Crippen LogP contribution in [0.2, 0.25) is 0 Å². The number of rotatable bonds is 9. The lowest BCUT2D eigenvalue weighted by molar-refractivity contribution is 0.0951. The number of nitrogens with one attached hydrogen (secondary N) is 1. The third kappa shape index (κ3) is 6.63. The van der Waals surface area contributed by atoms with Gasteiger partial charge in [-0.05, 0) is 75.6 Å². The predicted molar refractivity (Wildman–Crippen MR) is 124 cm³/mol. The van der Waals surface area contributed by atoms with Crippen LogP contribution in [-0.2, 0) is 16.6 Å². The average molecular weight is 444 g/mol. The number of nitrogens with zero attached hydrogens (tertiary/aromatic N) is 2. The maximum atomic E-state index is 12.7. The van der Waals surface area contributed by atoms with Crippen molar-refractivity contribution in [3.63, 3.8) is 0 Å². The minimum atomic E-state index is -3.55. The molecular weight excluding hydrogens is 410 g/mol. The number of hydrogen-bond donors (Lipinski definition) is 1. The van der Waals surface area contributed by atoms with Gasteiger partial charge in [0.2, 0.25) is 10.0 Å². The van der Waals surface area contributed by atoms with Crippen LogP contribution in [0.15, 0.2) is 53.4 Å². The summed E-state index contributed by atoms with van der Waals surface area (Å²) < 4.78 is 26.8. The molecule has 31 heavy (non-hydrogen) atoms. The number of benzene rings is 2. The van der Waals surface area contributed by atoms with E-state index in [-0.39, 0.29) is 17.3 Å². The van der Waals surface area contributed by atoms with Crippen molar-refractivity contribution < 1.29 is 13.2 Å². The van der Waals surface area contributed by atoms with Gasteiger partial charge in [-0.15, -0.1) is 0 Å². The minimum Gasteiger partial charge on any atom is -0.352 e. The number of carbonyl (C=O) groups is 1. The fourth-order valence-electron chi connectivity index (χ4n) is 3.78. The summed E-state index contributed by atoms with van der Waals surface area (Å²) in [6.45, 7) is 6.20. The summed E-state index contributed by atoms with van der Waals surface area (Å²) in [6.07, 6.45) is 4.84. The summed E-state index contributed by atoms with van der Waals surface area (Å²) in [6, 6.07) is 14.0. The Morgan fingerprint density at radius 2 is 1.65 bits per heavy atom. The lowest BCUT2D eigenvalue weighted by atomic mass is 10.1. The van der Waals surface area contributed by atoms with E-state index in [0.29, 0.717) is 12.1 Å². The Hall–Kier alpha value is -2.22. The van der Waals surface area contributed by atoms with Gasteiger partial charge in [0.25, 0.3) is 5.91 Å². The van der Waals surface area contributed by atoms with Gasteiger partial charge in [0.05, 0.1) is 4.90 Å². The molecular formula is C24H33N3O3S. The number of carbonyl (C=O) groups excluding carboxylic acids is 1. The van der Waals surface area contributed by atoms with E-state index in [1.165, 1.54) is 36.7 Å². The van der Waals surface area contributed by atoms with Crippen molar-refractivity contribution >= 4 is 15.9 Å². The molecule has 0 unspecified atom stereocenters. The molecule has 6 nitrogen and oxygen atoms in total. The molecule has 2 aromatic carbocycles. The smallest absolute Gasteiger partial charge is 0.251 e. The second kappa shape index (κ2) is 10.9. The Labute approximate surface area is 186 Å². The van der Waals surface area contributed by atoms with Crippen LogP contribution >= 0.6 is 0 Å². The lowest BCUT2D eigenvalue weighted by Crippen LogP contribution is -2.33. The van der Waals surface area contributed by atoms with Gasteiger partial charge in [-0.3, -0.25) is 4.79 Å². The Morgan fingerprint density at radius 1 is 1.00 bits per heavy atom. The van der Waals surface area contributed by atoms with Gasteiger partial charge in [-0.1, -0.05) is 36.2 Å². The molecule has 0 bridgehead atoms. The number of aryl methyl sites for hydroxylation is 1. The number of amides is 1. The summed E-state index contributed by atoms with van der Waals surface area (Å²) >= 11 is 0. The van der Waals surface area contributed by atoms with Crippen molar-refractivity contribution in [2.75, 3.05) is 33.2 Å².